The van der Waals surface area contributed by atoms with E-state index in [4.69, 9.17) is 0 Å². The summed E-state index contributed by atoms with van der Waals surface area (Å²) in [4.78, 5) is 0. The van der Waals surface area contributed by atoms with Crippen LogP contribution in [0.25, 0.3) is 49.0 Å². The van der Waals surface area contributed by atoms with Gasteiger partial charge in [0, 0.05) is 10.8 Å². The van der Waals surface area contributed by atoms with E-state index >= 15 is 0 Å². The zero-order chi connectivity index (χ0) is 35.4. The molecule has 3 heteroatoms. The number of hydrogen-bond acceptors (Lipinski definition) is 0. The molecule has 0 fully saturated rings. The third kappa shape index (κ3) is 7.48. The van der Waals surface area contributed by atoms with Gasteiger partial charge in [0.15, 0.2) is 0 Å². The molecule has 0 amide bonds. The number of halogens is 2. The molecule has 262 valence electrons. The molecule has 0 heterocycles. The van der Waals surface area contributed by atoms with E-state index < -0.39 is 0 Å². The molecule has 6 aromatic rings. The normalized spacial score (nSPS) is 17.2. The molecular weight excluding hydrogens is 751 g/mol. The molecule has 0 radical (unpaired) electrons. The van der Waals surface area contributed by atoms with Crippen molar-refractivity contribution < 1.29 is 49.0 Å². The average molecular weight is 797 g/mol. The van der Waals surface area contributed by atoms with E-state index in [2.05, 4.69) is 180 Å². The minimum atomic E-state index is 0. The molecule has 1 atom stereocenters. The standard InChI is InChI=1S/C25H25.C13H13.C11H8.2ClH.Zr/c1-14-12-24(3,4)22-8-16-7-17-9-23-19(15(2)13-25(23,5)6)11-21(17)20(16)10-18(14)22;1-10-8-11(2)13(9-10)12-6-4-3-5-7-12;1-9-5-4-7-10-6-2-3-8-11(9)10;;;/h7-13H,1-6H3;3-7,9-10H,1-2H3;1-8H;2*1H;/q2*-1;;;;+2/p-2. The first-order valence-corrected chi connectivity index (χ1v) is 19.3. The van der Waals surface area contributed by atoms with Crippen LogP contribution in [0.3, 0.4) is 0 Å². The fraction of sp³-hybridized carbons (Fsp3) is 0.224. The fourth-order valence-electron chi connectivity index (χ4n) is 8.36. The SMILES string of the molecule is CC1=CC(C)(C)c2cc3[cH-]c4cc5c(cc4c3cc21)C(C)=CC5(C)C.CC1=[C-]C(C)C=C1c1ccccc1.[Cl-].[Cl-].[Zr+2]=[CH]c1cccc2ccccc12. The number of benzene rings is 5. The van der Waals surface area contributed by atoms with Gasteiger partial charge in [-0.2, -0.15) is 11.6 Å². The van der Waals surface area contributed by atoms with Crippen molar-refractivity contribution >= 4 is 52.7 Å². The Bertz CT molecular complexity index is 2330. The molecule has 3 aliphatic carbocycles. The van der Waals surface area contributed by atoms with Crippen LogP contribution in [0.2, 0.25) is 0 Å². The molecule has 0 N–H and O–H groups in total. The molecule has 0 saturated carbocycles. The Morgan fingerprint density at radius 2 is 1.17 bits per heavy atom. The number of allylic oxidation sites excluding steroid dienone is 8. The van der Waals surface area contributed by atoms with Gasteiger partial charge in [-0.1, -0.05) is 113 Å². The monoisotopic (exact) mass is 794 g/mol. The Kier molecular flexibility index (Phi) is 11.8. The minimum absolute atomic E-state index is 0. The van der Waals surface area contributed by atoms with Crippen LogP contribution < -0.4 is 24.8 Å². The van der Waals surface area contributed by atoms with Crippen LogP contribution in [-0.2, 0) is 35.1 Å². The fourth-order valence-corrected chi connectivity index (χ4v) is 8.98. The number of hydrogen-bond donors (Lipinski definition) is 0. The van der Waals surface area contributed by atoms with Crippen molar-refractivity contribution in [2.75, 3.05) is 0 Å². The van der Waals surface area contributed by atoms with Gasteiger partial charge in [0.05, 0.1) is 0 Å². The number of rotatable bonds is 2. The molecule has 0 nitrogen and oxygen atoms in total. The summed E-state index contributed by atoms with van der Waals surface area (Å²) in [5.74, 6) is 0.468. The van der Waals surface area contributed by atoms with Gasteiger partial charge in [-0.15, -0.1) is 45.3 Å². The molecule has 0 aliphatic heterocycles. The first-order chi connectivity index (χ1) is 23.9. The molecule has 9 rings (SSSR count). The molecule has 0 bridgehead atoms. The van der Waals surface area contributed by atoms with Gasteiger partial charge in [-0.3, -0.25) is 6.08 Å². The Balaban J connectivity index is 0.000000164. The van der Waals surface area contributed by atoms with Crippen molar-refractivity contribution in [2.45, 2.75) is 66.2 Å². The van der Waals surface area contributed by atoms with Crippen LogP contribution in [0.5, 0.6) is 0 Å². The van der Waals surface area contributed by atoms with Gasteiger partial charge < -0.3 is 24.8 Å². The summed E-state index contributed by atoms with van der Waals surface area (Å²) in [5.41, 5.74) is 14.2. The predicted octanol–water partition coefficient (Wildman–Crippen LogP) is 7.11. The molecule has 52 heavy (non-hydrogen) atoms. The Hall–Kier alpha value is -3.48. The van der Waals surface area contributed by atoms with Crippen molar-refractivity contribution in [3.8, 4) is 0 Å². The van der Waals surface area contributed by atoms with E-state index in [9.17, 15) is 0 Å². The summed E-state index contributed by atoms with van der Waals surface area (Å²) in [7, 11) is 0. The first-order valence-electron chi connectivity index (χ1n) is 17.8. The van der Waals surface area contributed by atoms with Crippen LogP contribution in [0.4, 0.5) is 0 Å². The number of fused-ring (bicyclic) bond motifs is 6. The molecule has 0 spiro atoms. The van der Waals surface area contributed by atoms with Gasteiger partial charge in [-0.05, 0) is 36.1 Å². The van der Waals surface area contributed by atoms with Crippen LogP contribution in [-0.4, -0.2) is 3.71 Å². The van der Waals surface area contributed by atoms with Crippen LogP contribution in [0.1, 0.15) is 88.8 Å². The van der Waals surface area contributed by atoms with Crippen LogP contribution >= 0.6 is 0 Å². The Labute approximate surface area is 337 Å². The van der Waals surface area contributed by atoms with E-state index in [-0.39, 0.29) is 35.6 Å². The molecule has 0 aromatic heterocycles. The van der Waals surface area contributed by atoms with Crippen molar-refractivity contribution in [2.24, 2.45) is 5.92 Å². The van der Waals surface area contributed by atoms with Gasteiger partial charge in [0.1, 0.15) is 0 Å². The summed E-state index contributed by atoms with van der Waals surface area (Å²) in [6, 6.07) is 37.5. The molecule has 3 aliphatic rings. The predicted molar refractivity (Wildman–Crippen MR) is 216 cm³/mol. The first kappa shape index (κ1) is 39.7. The maximum absolute atomic E-state index is 3.39. The quantitative estimate of drug-likeness (QED) is 0.164. The molecule has 1 unspecified atom stereocenters. The molecule has 0 saturated heterocycles. The third-order valence-electron chi connectivity index (χ3n) is 10.7. The van der Waals surface area contributed by atoms with Crippen molar-refractivity contribution in [3.05, 3.63) is 166 Å². The Morgan fingerprint density at radius 1 is 0.654 bits per heavy atom. The van der Waals surface area contributed by atoms with Crippen LogP contribution in [0, 0.1) is 12.0 Å². The Morgan fingerprint density at radius 3 is 1.69 bits per heavy atom. The summed E-state index contributed by atoms with van der Waals surface area (Å²) in [6.45, 7) is 18.1. The van der Waals surface area contributed by atoms with E-state index in [0.717, 1.165) is 0 Å². The summed E-state index contributed by atoms with van der Waals surface area (Å²) >= 11 is 1.46. The van der Waals surface area contributed by atoms with Crippen molar-refractivity contribution in [1.29, 1.82) is 0 Å². The van der Waals surface area contributed by atoms with E-state index in [1.807, 2.05) is 6.07 Å². The molecule has 6 aromatic carbocycles. The summed E-state index contributed by atoms with van der Waals surface area (Å²) in [5, 5.41) is 8.26. The second kappa shape index (κ2) is 15.5. The van der Waals surface area contributed by atoms with Gasteiger partial charge in [0.2, 0.25) is 0 Å². The van der Waals surface area contributed by atoms with Gasteiger partial charge in [-0.25, -0.2) is 5.57 Å². The van der Waals surface area contributed by atoms with Crippen molar-refractivity contribution in [3.63, 3.8) is 0 Å². The summed E-state index contributed by atoms with van der Waals surface area (Å²) < 4.78 is 2.23. The zero-order valence-electron chi connectivity index (χ0n) is 31.5. The second-order valence-corrected chi connectivity index (χ2v) is 16.1. The topological polar surface area (TPSA) is 0 Å². The van der Waals surface area contributed by atoms with E-state index in [0.29, 0.717) is 5.92 Å². The maximum atomic E-state index is 3.39. The average Bonchev–Trinajstić information content (AvgIpc) is 3.77. The van der Waals surface area contributed by atoms with Gasteiger partial charge in [0.25, 0.3) is 0 Å². The second-order valence-electron chi connectivity index (χ2n) is 15.4. The van der Waals surface area contributed by atoms with E-state index in [1.165, 1.54) is 112 Å². The van der Waals surface area contributed by atoms with Gasteiger partial charge >= 0.3 is 86.7 Å². The summed E-state index contributed by atoms with van der Waals surface area (Å²) in [6.07, 6.45) is 10.5. The zero-order valence-corrected chi connectivity index (χ0v) is 35.4. The van der Waals surface area contributed by atoms with Crippen molar-refractivity contribution in [1.82, 2.24) is 0 Å². The van der Waals surface area contributed by atoms with E-state index in [1.54, 1.807) is 0 Å². The van der Waals surface area contributed by atoms with Crippen LogP contribution in [0.15, 0.2) is 127 Å². The third-order valence-corrected chi connectivity index (χ3v) is 11.5. The molecular formula is C49H46Cl2Zr-2.